The molecule has 0 amide bonds. The summed E-state index contributed by atoms with van der Waals surface area (Å²) in [5.41, 5.74) is 0.619. The first-order chi connectivity index (χ1) is 14.1. The van der Waals surface area contributed by atoms with Gasteiger partial charge in [-0.15, -0.1) is 0 Å². The van der Waals surface area contributed by atoms with Gasteiger partial charge in [-0.1, -0.05) is 11.6 Å². The molecule has 4 aromatic rings. The molecule has 0 aliphatic carbocycles. The third kappa shape index (κ3) is 4.22. The normalized spacial score (nSPS) is 10.9. The van der Waals surface area contributed by atoms with E-state index in [0.717, 1.165) is 0 Å². The molecule has 0 bridgehead atoms. The summed E-state index contributed by atoms with van der Waals surface area (Å²) in [5.74, 6) is 0.980. The Labute approximate surface area is 170 Å². The number of methoxy groups -OCH3 is 1. The van der Waals surface area contributed by atoms with Crippen LogP contribution in [0.2, 0.25) is 5.02 Å². The van der Waals surface area contributed by atoms with Gasteiger partial charge in [0.05, 0.1) is 19.2 Å². The number of hydrogen-bond donors (Lipinski definition) is 0. The molecule has 0 fully saturated rings. The average Bonchev–Trinajstić information content (AvgIpc) is 3.23. The number of benzene rings is 2. The zero-order valence-corrected chi connectivity index (χ0v) is 16.1. The third-order valence-electron chi connectivity index (χ3n) is 4.15. The van der Waals surface area contributed by atoms with Crippen LogP contribution in [0.15, 0.2) is 55.2 Å². The van der Waals surface area contributed by atoms with E-state index in [1.165, 1.54) is 18.5 Å². The van der Waals surface area contributed by atoms with Crippen molar-refractivity contribution in [3.63, 3.8) is 0 Å². The lowest BCUT2D eigenvalue weighted by atomic mass is 10.2. The van der Waals surface area contributed by atoms with Crippen LogP contribution in [-0.2, 0) is 6.54 Å². The molecule has 4 rings (SSSR count). The zero-order chi connectivity index (χ0) is 20.2. The average molecular weight is 415 g/mol. The molecule has 0 aliphatic heterocycles. The predicted molar refractivity (Wildman–Crippen MR) is 105 cm³/mol. The standard InChI is InChI=1S/C20H16ClFN4O3/c1-27-19-9-14-16(10-20(19)28-7-6-26-12-23-11-25-26)24-5-4-17(14)29-18-3-2-13(21)8-15(18)22/h2-5,8-12H,6-7H2,1H3. The Morgan fingerprint density at radius 3 is 2.72 bits per heavy atom. The van der Waals surface area contributed by atoms with Gasteiger partial charge in [-0.3, -0.25) is 4.98 Å². The second-order valence-corrected chi connectivity index (χ2v) is 6.45. The Bertz CT molecular complexity index is 1140. The zero-order valence-electron chi connectivity index (χ0n) is 15.4. The Hall–Kier alpha value is -3.39. The van der Waals surface area contributed by atoms with Crippen molar-refractivity contribution in [1.29, 1.82) is 0 Å². The summed E-state index contributed by atoms with van der Waals surface area (Å²) in [6, 6.07) is 9.38. The molecule has 9 heteroatoms. The van der Waals surface area contributed by atoms with Crippen molar-refractivity contribution in [2.24, 2.45) is 0 Å². The lowest BCUT2D eigenvalue weighted by Gasteiger charge is -2.14. The van der Waals surface area contributed by atoms with Crippen LogP contribution in [0, 0.1) is 5.82 Å². The van der Waals surface area contributed by atoms with Crippen LogP contribution in [-0.4, -0.2) is 33.5 Å². The van der Waals surface area contributed by atoms with Gasteiger partial charge in [0.2, 0.25) is 0 Å². The van der Waals surface area contributed by atoms with Crippen molar-refractivity contribution in [1.82, 2.24) is 19.7 Å². The Kier molecular flexibility index (Phi) is 5.44. The van der Waals surface area contributed by atoms with Crippen LogP contribution in [0.5, 0.6) is 23.0 Å². The van der Waals surface area contributed by atoms with Crippen molar-refractivity contribution in [2.45, 2.75) is 6.54 Å². The highest BCUT2D eigenvalue weighted by Crippen LogP contribution is 2.37. The van der Waals surface area contributed by atoms with Crippen LogP contribution in [0.3, 0.4) is 0 Å². The molecular formula is C20H16ClFN4O3. The monoisotopic (exact) mass is 414 g/mol. The van der Waals surface area contributed by atoms with E-state index in [2.05, 4.69) is 15.1 Å². The highest BCUT2D eigenvalue weighted by molar-refractivity contribution is 6.30. The first-order valence-corrected chi connectivity index (χ1v) is 9.06. The fraction of sp³-hybridized carbons (Fsp3) is 0.150. The predicted octanol–water partition coefficient (Wildman–Crippen LogP) is 4.50. The van der Waals surface area contributed by atoms with E-state index in [4.69, 9.17) is 25.8 Å². The first-order valence-electron chi connectivity index (χ1n) is 8.69. The molecule has 0 atom stereocenters. The van der Waals surface area contributed by atoms with Gasteiger partial charge in [-0.05, 0) is 30.3 Å². The molecule has 29 heavy (non-hydrogen) atoms. The lowest BCUT2D eigenvalue weighted by Crippen LogP contribution is -2.09. The smallest absolute Gasteiger partial charge is 0.167 e. The molecular weight excluding hydrogens is 399 g/mol. The van der Waals surface area contributed by atoms with Gasteiger partial charge in [0.1, 0.15) is 25.0 Å². The van der Waals surface area contributed by atoms with Gasteiger partial charge in [-0.2, -0.15) is 5.10 Å². The lowest BCUT2D eigenvalue weighted by molar-refractivity contribution is 0.274. The highest BCUT2D eigenvalue weighted by atomic mass is 35.5. The van der Waals surface area contributed by atoms with Gasteiger partial charge in [0.15, 0.2) is 23.1 Å². The van der Waals surface area contributed by atoms with E-state index in [-0.39, 0.29) is 5.75 Å². The topological polar surface area (TPSA) is 71.3 Å². The van der Waals surface area contributed by atoms with Crippen LogP contribution < -0.4 is 14.2 Å². The van der Waals surface area contributed by atoms with Crippen molar-refractivity contribution < 1.29 is 18.6 Å². The summed E-state index contributed by atoms with van der Waals surface area (Å²) in [6.45, 7) is 0.908. The SMILES string of the molecule is COc1cc2c(Oc3ccc(Cl)cc3F)ccnc2cc1OCCn1cncn1. The maximum Gasteiger partial charge on any atom is 0.167 e. The number of pyridine rings is 1. The molecule has 0 aliphatic rings. The largest absolute Gasteiger partial charge is 0.493 e. The number of ether oxygens (including phenoxy) is 3. The minimum absolute atomic E-state index is 0.0639. The fourth-order valence-corrected chi connectivity index (χ4v) is 2.92. The molecule has 2 aromatic heterocycles. The maximum atomic E-state index is 14.1. The highest BCUT2D eigenvalue weighted by Gasteiger charge is 2.13. The van der Waals surface area contributed by atoms with E-state index in [1.54, 1.807) is 48.6 Å². The molecule has 2 heterocycles. The van der Waals surface area contributed by atoms with E-state index in [0.29, 0.717) is 46.3 Å². The van der Waals surface area contributed by atoms with Crippen LogP contribution in [0.1, 0.15) is 0 Å². The third-order valence-corrected chi connectivity index (χ3v) is 4.38. The number of nitrogens with zero attached hydrogens (tertiary/aromatic N) is 4. The molecule has 7 nitrogen and oxygen atoms in total. The molecule has 148 valence electrons. The number of rotatable bonds is 7. The second kappa shape index (κ2) is 8.32. The summed E-state index contributed by atoms with van der Waals surface area (Å²) < 4.78 is 32.8. The van der Waals surface area contributed by atoms with Crippen LogP contribution in [0.4, 0.5) is 4.39 Å². The molecule has 2 aromatic carbocycles. The van der Waals surface area contributed by atoms with Crippen molar-refractivity contribution in [3.05, 3.63) is 66.1 Å². The van der Waals surface area contributed by atoms with Gasteiger partial charge < -0.3 is 14.2 Å². The fourth-order valence-electron chi connectivity index (χ4n) is 2.76. The number of aromatic nitrogens is 4. The minimum Gasteiger partial charge on any atom is -0.493 e. The van der Waals surface area contributed by atoms with Crippen molar-refractivity contribution >= 4 is 22.5 Å². The summed E-state index contributed by atoms with van der Waals surface area (Å²) in [4.78, 5) is 8.25. The summed E-state index contributed by atoms with van der Waals surface area (Å²) >= 11 is 5.80. The number of hydrogen-bond acceptors (Lipinski definition) is 6. The first kappa shape index (κ1) is 18.9. The quantitative estimate of drug-likeness (QED) is 0.443. The van der Waals surface area contributed by atoms with E-state index < -0.39 is 5.82 Å². The van der Waals surface area contributed by atoms with E-state index in [9.17, 15) is 4.39 Å². The molecule has 0 unspecified atom stereocenters. The van der Waals surface area contributed by atoms with Gasteiger partial charge in [0.25, 0.3) is 0 Å². The summed E-state index contributed by atoms with van der Waals surface area (Å²) in [7, 11) is 1.54. The molecule has 0 saturated heterocycles. The van der Waals surface area contributed by atoms with E-state index >= 15 is 0 Å². The maximum absolute atomic E-state index is 14.1. The summed E-state index contributed by atoms with van der Waals surface area (Å²) in [6.07, 6.45) is 4.66. The molecule has 0 radical (unpaired) electrons. The minimum atomic E-state index is -0.553. The van der Waals surface area contributed by atoms with Gasteiger partial charge >= 0.3 is 0 Å². The van der Waals surface area contributed by atoms with Crippen molar-refractivity contribution in [2.75, 3.05) is 13.7 Å². The van der Waals surface area contributed by atoms with Gasteiger partial charge in [-0.25, -0.2) is 14.1 Å². The molecule has 0 spiro atoms. The van der Waals surface area contributed by atoms with Crippen LogP contribution in [0.25, 0.3) is 10.9 Å². The van der Waals surface area contributed by atoms with E-state index in [1.807, 2.05) is 0 Å². The van der Waals surface area contributed by atoms with Crippen LogP contribution >= 0.6 is 11.6 Å². The summed E-state index contributed by atoms with van der Waals surface area (Å²) in [5, 5.41) is 4.98. The molecule has 0 N–H and O–H groups in total. The Morgan fingerprint density at radius 2 is 1.97 bits per heavy atom. The number of halogens is 2. The van der Waals surface area contributed by atoms with Crippen molar-refractivity contribution in [3.8, 4) is 23.0 Å². The number of fused-ring (bicyclic) bond motifs is 1. The second-order valence-electron chi connectivity index (χ2n) is 6.01. The Morgan fingerprint density at radius 1 is 1.07 bits per heavy atom. The molecule has 0 saturated carbocycles. The Balaban J connectivity index is 1.62. The van der Waals surface area contributed by atoms with Gasteiger partial charge in [0, 0.05) is 22.7 Å².